The molecular weight excluding hydrogens is 262 g/mol. The predicted octanol–water partition coefficient (Wildman–Crippen LogP) is 3.16. The molecule has 0 saturated carbocycles. The molecule has 0 aromatic heterocycles. The fourth-order valence-electron chi connectivity index (χ4n) is 2.47. The van der Waals surface area contributed by atoms with Crippen molar-refractivity contribution in [1.82, 2.24) is 5.32 Å². The first-order chi connectivity index (χ1) is 10.1. The Hall–Kier alpha value is -2.13. The largest absolute Gasteiger partial charge is 0.375 e. The van der Waals surface area contributed by atoms with Gasteiger partial charge in [0.1, 0.15) is 6.61 Å². The van der Waals surface area contributed by atoms with Gasteiger partial charge in [-0.2, -0.15) is 0 Å². The van der Waals surface area contributed by atoms with Gasteiger partial charge in [0.2, 0.25) is 5.91 Å². The Morgan fingerprint density at radius 3 is 2.48 bits per heavy atom. The van der Waals surface area contributed by atoms with Gasteiger partial charge in [0.25, 0.3) is 0 Å². The van der Waals surface area contributed by atoms with Gasteiger partial charge in [-0.05, 0) is 30.5 Å². The Labute approximate surface area is 126 Å². The van der Waals surface area contributed by atoms with Crippen molar-refractivity contribution in [3.05, 3.63) is 70.8 Å². The molecule has 3 nitrogen and oxygen atoms in total. The molecule has 0 aliphatic rings. The number of methoxy groups -OCH3 is 1. The van der Waals surface area contributed by atoms with Crippen LogP contribution in [0, 0.1) is 13.8 Å². The number of amides is 1. The molecule has 0 aliphatic heterocycles. The summed E-state index contributed by atoms with van der Waals surface area (Å²) in [6.45, 7) is 4.20. The zero-order valence-corrected chi connectivity index (χ0v) is 12.7. The number of ether oxygens (including phenoxy) is 1. The number of carbonyl (C=O) groups excluding carboxylic acids is 1. The standard InChI is InChI=1S/C18H21NO2/c1-13-9-10-16(14(2)11-13)18(19-17(20)12-21-3)15-7-5-4-6-8-15/h4-11,18H,12H2,1-3H3,(H,19,20). The van der Waals surface area contributed by atoms with Gasteiger partial charge in [-0.25, -0.2) is 0 Å². The fraction of sp³-hybridized carbons (Fsp3) is 0.278. The molecule has 2 rings (SSSR count). The third kappa shape index (κ3) is 3.92. The maximum absolute atomic E-state index is 11.9. The molecule has 21 heavy (non-hydrogen) atoms. The van der Waals surface area contributed by atoms with Crippen molar-refractivity contribution >= 4 is 5.91 Å². The van der Waals surface area contributed by atoms with Gasteiger partial charge in [-0.1, -0.05) is 54.1 Å². The first kappa shape index (κ1) is 15.3. The zero-order chi connectivity index (χ0) is 15.2. The van der Waals surface area contributed by atoms with E-state index >= 15 is 0 Å². The molecule has 1 amide bonds. The van der Waals surface area contributed by atoms with Gasteiger partial charge in [0.05, 0.1) is 6.04 Å². The summed E-state index contributed by atoms with van der Waals surface area (Å²) in [4.78, 5) is 11.9. The average Bonchev–Trinajstić information content (AvgIpc) is 2.47. The van der Waals surface area contributed by atoms with Gasteiger partial charge in [0.15, 0.2) is 0 Å². The second kappa shape index (κ2) is 7.04. The van der Waals surface area contributed by atoms with Crippen LogP contribution < -0.4 is 5.32 Å². The van der Waals surface area contributed by atoms with E-state index in [9.17, 15) is 4.79 Å². The van der Waals surface area contributed by atoms with Crippen LogP contribution in [-0.4, -0.2) is 19.6 Å². The summed E-state index contributed by atoms with van der Waals surface area (Å²) in [6, 6.07) is 16.1. The highest BCUT2D eigenvalue weighted by molar-refractivity contribution is 5.78. The minimum atomic E-state index is -0.158. The number of aryl methyl sites for hydroxylation is 2. The van der Waals surface area contributed by atoms with Gasteiger partial charge < -0.3 is 10.1 Å². The van der Waals surface area contributed by atoms with E-state index in [1.165, 1.54) is 18.2 Å². The third-order valence-corrected chi connectivity index (χ3v) is 3.45. The second-order valence-electron chi connectivity index (χ2n) is 5.20. The highest BCUT2D eigenvalue weighted by Gasteiger charge is 2.18. The number of benzene rings is 2. The van der Waals surface area contributed by atoms with Crippen LogP contribution >= 0.6 is 0 Å². The lowest BCUT2D eigenvalue weighted by atomic mass is 9.94. The molecule has 0 spiro atoms. The van der Waals surface area contributed by atoms with Gasteiger partial charge in [-0.3, -0.25) is 4.79 Å². The monoisotopic (exact) mass is 283 g/mol. The Bertz CT molecular complexity index is 608. The normalized spacial score (nSPS) is 12.0. The number of rotatable bonds is 5. The summed E-state index contributed by atoms with van der Waals surface area (Å²) >= 11 is 0. The smallest absolute Gasteiger partial charge is 0.246 e. The Morgan fingerprint density at radius 2 is 1.86 bits per heavy atom. The molecule has 0 fully saturated rings. The van der Waals surface area contributed by atoms with Crippen LogP contribution in [0.4, 0.5) is 0 Å². The Kier molecular flexibility index (Phi) is 5.12. The molecule has 110 valence electrons. The number of carbonyl (C=O) groups is 1. The highest BCUT2D eigenvalue weighted by Crippen LogP contribution is 2.25. The topological polar surface area (TPSA) is 38.3 Å². The van der Waals surface area contributed by atoms with Gasteiger partial charge in [-0.15, -0.1) is 0 Å². The Morgan fingerprint density at radius 1 is 1.14 bits per heavy atom. The molecule has 1 N–H and O–H groups in total. The summed E-state index contributed by atoms with van der Waals surface area (Å²) in [5, 5.41) is 3.05. The van der Waals surface area contributed by atoms with Crippen LogP contribution in [0.3, 0.4) is 0 Å². The summed E-state index contributed by atoms with van der Waals surface area (Å²) < 4.78 is 4.91. The van der Waals surface area contributed by atoms with Crippen molar-refractivity contribution < 1.29 is 9.53 Å². The summed E-state index contributed by atoms with van der Waals surface area (Å²) in [6.07, 6.45) is 0. The third-order valence-electron chi connectivity index (χ3n) is 3.45. The summed E-state index contributed by atoms with van der Waals surface area (Å²) in [5.41, 5.74) is 4.55. The van der Waals surface area contributed by atoms with E-state index in [1.807, 2.05) is 30.3 Å². The number of hydrogen-bond donors (Lipinski definition) is 1. The van der Waals surface area contributed by atoms with Crippen molar-refractivity contribution in [3.8, 4) is 0 Å². The van der Waals surface area contributed by atoms with Gasteiger partial charge >= 0.3 is 0 Å². The fourth-order valence-corrected chi connectivity index (χ4v) is 2.47. The van der Waals surface area contributed by atoms with Crippen LogP contribution in [0.25, 0.3) is 0 Å². The van der Waals surface area contributed by atoms with E-state index in [1.54, 1.807) is 0 Å². The molecule has 2 aromatic carbocycles. The van der Waals surface area contributed by atoms with E-state index in [-0.39, 0.29) is 18.6 Å². The maximum Gasteiger partial charge on any atom is 0.246 e. The molecule has 0 radical (unpaired) electrons. The molecule has 0 saturated heterocycles. The van der Waals surface area contributed by atoms with Crippen molar-refractivity contribution in [3.63, 3.8) is 0 Å². The summed E-state index contributed by atoms with van der Waals surface area (Å²) in [5.74, 6) is -0.119. The lowest BCUT2D eigenvalue weighted by Crippen LogP contribution is -2.32. The molecule has 0 heterocycles. The van der Waals surface area contributed by atoms with Crippen LogP contribution in [0.2, 0.25) is 0 Å². The van der Waals surface area contributed by atoms with Crippen LogP contribution in [-0.2, 0) is 9.53 Å². The quantitative estimate of drug-likeness (QED) is 0.915. The van der Waals surface area contributed by atoms with E-state index < -0.39 is 0 Å². The van der Waals surface area contributed by atoms with E-state index in [0.717, 1.165) is 11.1 Å². The van der Waals surface area contributed by atoms with Gasteiger partial charge in [0, 0.05) is 7.11 Å². The van der Waals surface area contributed by atoms with Crippen LogP contribution in [0.1, 0.15) is 28.3 Å². The molecule has 1 unspecified atom stereocenters. The van der Waals surface area contributed by atoms with Crippen molar-refractivity contribution in [2.24, 2.45) is 0 Å². The summed E-state index contributed by atoms with van der Waals surface area (Å²) in [7, 11) is 1.52. The Balaban J connectivity index is 2.38. The SMILES string of the molecule is COCC(=O)NC(c1ccccc1)c1ccc(C)cc1C. The van der Waals surface area contributed by atoms with Crippen molar-refractivity contribution in [1.29, 1.82) is 0 Å². The first-order valence-electron chi connectivity index (χ1n) is 7.02. The minimum absolute atomic E-state index is 0.0637. The molecular formula is C18H21NO2. The highest BCUT2D eigenvalue weighted by atomic mass is 16.5. The lowest BCUT2D eigenvalue weighted by Gasteiger charge is -2.22. The first-order valence-corrected chi connectivity index (χ1v) is 7.02. The number of nitrogens with one attached hydrogen (secondary N) is 1. The van der Waals surface area contributed by atoms with Crippen molar-refractivity contribution in [2.45, 2.75) is 19.9 Å². The van der Waals surface area contributed by atoms with Crippen molar-refractivity contribution in [2.75, 3.05) is 13.7 Å². The second-order valence-corrected chi connectivity index (χ2v) is 5.20. The maximum atomic E-state index is 11.9. The molecule has 1 atom stereocenters. The lowest BCUT2D eigenvalue weighted by molar-refractivity contribution is -0.125. The molecule has 2 aromatic rings. The average molecular weight is 283 g/mol. The molecule has 0 bridgehead atoms. The van der Waals surface area contributed by atoms with Crippen LogP contribution in [0.5, 0.6) is 0 Å². The number of hydrogen-bond acceptors (Lipinski definition) is 2. The predicted molar refractivity (Wildman–Crippen MR) is 84.2 cm³/mol. The van der Waals surface area contributed by atoms with E-state index in [2.05, 4.69) is 37.4 Å². The zero-order valence-electron chi connectivity index (χ0n) is 12.7. The minimum Gasteiger partial charge on any atom is -0.375 e. The molecule has 0 aliphatic carbocycles. The van der Waals surface area contributed by atoms with E-state index in [4.69, 9.17) is 4.74 Å². The molecule has 3 heteroatoms. The van der Waals surface area contributed by atoms with E-state index in [0.29, 0.717) is 0 Å². The van der Waals surface area contributed by atoms with Crippen LogP contribution in [0.15, 0.2) is 48.5 Å².